The summed E-state index contributed by atoms with van der Waals surface area (Å²) in [6, 6.07) is 51.1. The number of para-hydroxylation sites is 2. The highest BCUT2D eigenvalue weighted by Gasteiger charge is 2.20. The number of carbonyl (C=O) groups excluding carboxylic acids is 2. The molecule has 0 spiro atoms. The maximum atomic E-state index is 12.3. The number of rotatable bonds is 24. The van der Waals surface area contributed by atoms with Crippen molar-refractivity contribution >= 4 is 33.7 Å². The van der Waals surface area contributed by atoms with E-state index in [1.165, 1.54) is 69.7 Å². The molecule has 2 saturated heterocycles. The SMILES string of the molecule is COc1cc(Cn2c(-c3ccc(OCCCCOC(=O)C(=O)OCCCCOc4ccc(-c5cc6ccccc6n5Cc5ccc(CN6CCCC6)c(OC)c5)cc4)cc3)cc3ccccc32)ccc1CN1CCCC1. The smallest absolute Gasteiger partial charge is 0.417 e. The van der Waals surface area contributed by atoms with E-state index in [1.807, 2.05) is 24.3 Å². The zero-order valence-electron chi connectivity index (χ0n) is 44.1. The first kappa shape index (κ1) is 51.9. The molecule has 0 aliphatic carbocycles. The summed E-state index contributed by atoms with van der Waals surface area (Å²) in [6.07, 6.45) is 7.45. The molecule has 10 rings (SSSR count). The van der Waals surface area contributed by atoms with Gasteiger partial charge in [-0.2, -0.15) is 0 Å². The number of hydrogen-bond acceptors (Lipinski definition) is 10. The second-order valence-electron chi connectivity index (χ2n) is 20.0. The number of carbonyl (C=O) groups is 2. The van der Waals surface area contributed by atoms with E-state index in [-0.39, 0.29) is 13.2 Å². The lowest BCUT2D eigenvalue weighted by Crippen LogP contribution is -2.21. The summed E-state index contributed by atoms with van der Waals surface area (Å²) in [5, 5.41) is 2.37. The minimum atomic E-state index is -0.983. The lowest BCUT2D eigenvalue weighted by molar-refractivity contribution is -0.167. The Bertz CT molecular complexity index is 2990. The Labute approximate surface area is 446 Å². The standard InChI is InChI=1S/C64H70N4O8/c1-71-61-39-47(19-21-53(61)45-65-31-7-8-32-65)43-67-57-17-5-3-15-51(57)41-59(67)49-23-27-55(28-24-49)73-35-11-13-37-75-63(69)64(70)76-38-14-12-36-74-56-29-25-50(26-30-56)60-42-52-16-4-6-18-58(52)68(60)44-48-20-22-54(62(40-48)72-2)46-66-33-9-10-34-66/h3-6,15-30,39-42H,7-14,31-38,43-46H2,1-2H3. The quantitative estimate of drug-likeness (QED) is 0.0330. The van der Waals surface area contributed by atoms with E-state index in [0.29, 0.717) is 52.0 Å². The lowest BCUT2D eigenvalue weighted by Gasteiger charge is -2.18. The summed E-state index contributed by atoms with van der Waals surface area (Å²) >= 11 is 0. The Kier molecular flexibility index (Phi) is 17.3. The molecular weight excluding hydrogens is 953 g/mol. The van der Waals surface area contributed by atoms with Crippen LogP contribution >= 0.6 is 0 Å². The Morgan fingerprint density at radius 2 is 0.829 bits per heavy atom. The van der Waals surface area contributed by atoms with Crippen molar-refractivity contribution in [2.45, 2.75) is 77.5 Å². The maximum Gasteiger partial charge on any atom is 0.417 e. The molecule has 0 unspecified atom stereocenters. The minimum absolute atomic E-state index is 0.102. The second-order valence-corrected chi connectivity index (χ2v) is 20.0. The van der Waals surface area contributed by atoms with E-state index in [4.69, 9.17) is 28.4 Å². The first-order chi connectivity index (χ1) is 37.4. The molecule has 0 radical (unpaired) electrons. The third-order valence-electron chi connectivity index (χ3n) is 14.7. The summed E-state index contributed by atoms with van der Waals surface area (Å²) in [6.45, 7) is 8.92. The molecule has 0 saturated carbocycles. The van der Waals surface area contributed by atoms with Gasteiger partial charge in [-0.1, -0.05) is 60.7 Å². The fraction of sp³-hybridized carbons (Fsp3) is 0.344. The van der Waals surface area contributed by atoms with E-state index >= 15 is 0 Å². The molecular formula is C64H70N4O8. The van der Waals surface area contributed by atoms with Gasteiger partial charge in [-0.15, -0.1) is 0 Å². The van der Waals surface area contributed by atoms with Crippen LogP contribution in [-0.2, 0) is 45.2 Å². The molecule has 8 aromatic rings. The van der Waals surface area contributed by atoms with Gasteiger partial charge in [0.1, 0.15) is 23.0 Å². The number of methoxy groups -OCH3 is 2. The van der Waals surface area contributed by atoms with Gasteiger partial charge in [-0.3, -0.25) is 9.80 Å². The van der Waals surface area contributed by atoms with Crippen molar-refractivity contribution in [1.82, 2.24) is 18.9 Å². The van der Waals surface area contributed by atoms with Gasteiger partial charge in [0, 0.05) is 70.5 Å². The Morgan fingerprint density at radius 3 is 1.24 bits per heavy atom. The summed E-state index contributed by atoms with van der Waals surface area (Å²) in [5.74, 6) is 1.42. The largest absolute Gasteiger partial charge is 0.496 e. The lowest BCUT2D eigenvalue weighted by atomic mass is 10.1. The number of unbranched alkanes of at least 4 members (excludes halogenated alkanes) is 2. The van der Waals surface area contributed by atoms with Crippen LogP contribution in [0.3, 0.4) is 0 Å². The number of nitrogens with zero attached hydrogens (tertiary/aromatic N) is 4. The molecule has 2 aromatic heterocycles. The van der Waals surface area contributed by atoms with Gasteiger partial charge < -0.3 is 37.6 Å². The predicted molar refractivity (Wildman–Crippen MR) is 299 cm³/mol. The molecule has 0 amide bonds. The zero-order valence-corrected chi connectivity index (χ0v) is 44.1. The van der Waals surface area contributed by atoms with Crippen LogP contribution in [-0.4, -0.2) is 97.7 Å². The molecule has 12 heteroatoms. The molecule has 0 bridgehead atoms. The van der Waals surface area contributed by atoms with E-state index in [1.54, 1.807) is 14.2 Å². The minimum Gasteiger partial charge on any atom is -0.496 e. The molecule has 12 nitrogen and oxygen atoms in total. The van der Waals surface area contributed by atoms with Crippen LogP contribution in [0.15, 0.2) is 146 Å². The normalized spacial score (nSPS) is 13.9. The van der Waals surface area contributed by atoms with Crippen LogP contribution in [0.1, 0.15) is 73.6 Å². The second kappa shape index (κ2) is 25.3. The predicted octanol–water partition coefficient (Wildman–Crippen LogP) is 12.3. The number of ether oxygens (including phenoxy) is 6. The first-order valence-electron chi connectivity index (χ1n) is 27.1. The average molecular weight is 1020 g/mol. The Balaban J connectivity index is 0.624. The van der Waals surface area contributed by atoms with Crippen molar-refractivity contribution in [3.63, 3.8) is 0 Å². The fourth-order valence-corrected chi connectivity index (χ4v) is 10.7. The summed E-state index contributed by atoms with van der Waals surface area (Å²) in [5.41, 5.74) is 11.6. The van der Waals surface area contributed by atoms with Gasteiger partial charge in [-0.25, -0.2) is 9.59 Å². The van der Waals surface area contributed by atoms with Crippen LogP contribution in [0.25, 0.3) is 44.3 Å². The molecule has 2 aliphatic heterocycles. The first-order valence-corrected chi connectivity index (χ1v) is 27.1. The maximum absolute atomic E-state index is 12.3. The average Bonchev–Trinajstić information content (AvgIpc) is 4.31. The van der Waals surface area contributed by atoms with Gasteiger partial charge in [0.2, 0.25) is 0 Å². The van der Waals surface area contributed by atoms with Crippen LogP contribution in [0, 0.1) is 0 Å². The molecule has 4 heterocycles. The Hall–Kier alpha value is -7.54. The van der Waals surface area contributed by atoms with Crippen LogP contribution < -0.4 is 18.9 Å². The number of benzene rings is 6. The molecule has 6 aromatic carbocycles. The number of aromatic nitrogens is 2. The summed E-state index contributed by atoms with van der Waals surface area (Å²) in [4.78, 5) is 29.7. The van der Waals surface area contributed by atoms with Crippen molar-refractivity contribution in [2.75, 3.05) is 66.8 Å². The number of fused-ring (bicyclic) bond motifs is 2. The monoisotopic (exact) mass is 1020 g/mol. The fourth-order valence-electron chi connectivity index (χ4n) is 10.7. The van der Waals surface area contributed by atoms with Crippen LogP contribution in [0.2, 0.25) is 0 Å². The van der Waals surface area contributed by atoms with E-state index in [2.05, 4.69) is 140 Å². The zero-order chi connectivity index (χ0) is 52.1. The highest BCUT2D eigenvalue weighted by molar-refractivity contribution is 6.29. The van der Waals surface area contributed by atoms with Crippen molar-refractivity contribution in [3.05, 3.63) is 168 Å². The third kappa shape index (κ3) is 12.9. The molecule has 2 aliphatic rings. The van der Waals surface area contributed by atoms with E-state index in [9.17, 15) is 9.59 Å². The third-order valence-corrected chi connectivity index (χ3v) is 14.7. The number of likely N-dealkylation sites (tertiary alicyclic amines) is 2. The topological polar surface area (TPSA) is 106 Å². The number of esters is 2. The van der Waals surface area contributed by atoms with Crippen molar-refractivity contribution in [3.8, 4) is 45.5 Å². The summed E-state index contributed by atoms with van der Waals surface area (Å²) < 4.78 is 39.0. The van der Waals surface area contributed by atoms with Gasteiger partial charge in [0.25, 0.3) is 0 Å². The van der Waals surface area contributed by atoms with Gasteiger partial charge in [0.05, 0.1) is 40.6 Å². The highest BCUT2D eigenvalue weighted by atomic mass is 16.6. The van der Waals surface area contributed by atoms with Gasteiger partial charge in [-0.05, 0) is 185 Å². The molecule has 0 N–H and O–H groups in total. The van der Waals surface area contributed by atoms with Gasteiger partial charge >= 0.3 is 11.9 Å². The van der Waals surface area contributed by atoms with Crippen LogP contribution in [0.4, 0.5) is 0 Å². The van der Waals surface area contributed by atoms with E-state index < -0.39 is 11.9 Å². The Morgan fingerprint density at radius 1 is 0.434 bits per heavy atom. The number of hydrogen-bond donors (Lipinski definition) is 0. The molecule has 0 atom stereocenters. The van der Waals surface area contributed by atoms with E-state index in [0.717, 1.165) is 84.8 Å². The van der Waals surface area contributed by atoms with Crippen LogP contribution in [0.5, 0.6) is 23.0 Å². The van der Waals surface area contributed by atoms with Crippen molar-refractivity contribution in [1.29, 1.82) is 0 Å². The van der Waals surface area contributed by atoms with Gasteiger partial charge in [0.15, 0.2) is 0 Å². The highest BCUT2D eigenvalue weighted by Crippen LogP contribution is 2.34. The molecule has 394 valence electrons. The van der Waals surface area contributed by atoms with Crippen molar-refractivity contribution in [2.24, 2.45) is 0 Å². The molecule has 76 heavy (non-hydrogen) atoms. The summed E-state index contributed by atoms with van der Waals surface area (Å²) in [7, 11) is 3.52. The molecule has 2 fully saturated rings. The van der Waals surface area contributed by atoms with Crippen molar-refractivity contribution < 1.29 is 38.0 Å².